The van der Waals surface area contributed by atoms with E-state index in [1.165, 1.54) is 11.1 Å². The third kappa shape index (κ3) is 5.78. The maximum absolute atomic E-state index is 11.9. The van der Waals surface area contributed by atoms with Gasteiger partial charge in [0.15, 0.2) is 0 Å². The summed E-state index contributed by atoms with van der Waals surface area (Å²) in [5, 5.41) is 6.14. The van der Waals surface area contributed by atoms with Gasteiger partial charge in [-0.25, -0.2) is 0 Å². The molecule has 0 spiro atoms. The molecular weight excluding hydrogens is 296 g/mol. The number of aryl methyl sites for hydroxylation is 1. The molecule has 0 aliphatic carbocycles. The molecule has 0 fully saturated rings. The van der Waals surface area contributed by atoms with Crippen molar-refractivity contribution in [1.29, 1.82) is 0 Å². The molecule has 0 heterocycles. The number of anilines is 1. The number of rotatable bonds is 6. The number of hydrogen-bond acceptors (Lipinski definition) is 2. The van der Waals surface area contributed by atoms with E-state index >= 15 is 0 Å². The van der Waals surface area contributed by atoms with Crippen molar-refractivity contribution in [2.24, 2.45) is 0 Å². The molecule has 1 atom stereocenters. The first-order chi connectivity index (χ1) is 10.1. The standard InChI is InChI=1S/C18H22N2O.ClH/c1-14-8-6-7-9-16(14)12-15(2)20-18(21)13-19-17-10-4-3-5-11-17;/h3-11,15,19H,12-13H2,1-2H3,(H,20,21);1H. The van der Waals surface area contributed by atoms with Crippen LogP contribution in [-0.4, -0.2) is 18.5 Å². The highest BCUT2D eigenvalue weighted by molar-refractivity contribution is 5.85. The summed E-state index contributed by atoms with van der Waals surface area (Å²) >= 11 is 0. The molecule has 118 valence electrons. The summed E-state index contributed by atoms with van der Waals surface area (Å²) < 4.78 is 0. The molecule has 4 heteroatoms. The lowest BCUT2D eigenvalue weighted by molar-refractivity contribution is -0.119. The summed E-state index contributed by atoms with van der Waals surface area (Å²) in [5.74, 6) is 0.0138. The first-order valence-electron chi connectivity index (χ1n) is 7.28. The van der Waals surface area contributed by atoms with Gasteiger partial charge in [-0.15, -0.1) is 12.4 Å². The zero-order valence-corrected chi connectivity index (χ0v) is 13.8. The molecule has 2 rings (SSSR count). The highest BCUT2D eigenvalue weighted by atomic mass is 35.5. The Bertz CT molecular complexity index is 587. The Morgan fingerprint density at radius 3 is 2.36 bits per heavy atom. The molecular formula is C18H23ClN2O. The number of carbonyl (C=O) groups excluding carboxylic acids is 1. The van der Waals surface area contributed by atoms with Crippen molar-refractivity contribution >= 4 is 24.0 Å². The van der Waals surface area contributed by atoms with Gasteiger partial charge in [0.05, 0.1) is 6.54 Å². The number of nitrogens with one attached hydrogen (secondary N) is 2. The normalized spacial score (nSPS) is 11.2. The summed E-state index contributed by atoms with van der Waals surface area (Å²) in [4.78, 5) is 11.9. The predicted octanol–water partition coefficient (Wildman–Crippen LogP) is 3.58. The fourth-order valence-corrected chi connectivity index (χ4v) is 2.28. The molecule has 3 nitrogen and oxygen atoms in total. The Labute approximate surface area is 138 Å². The Kier molecular flexibility index (Phi) is 7.47. The molecule has 0 saturated carbocycles. The van der Waals surface area contributed by atoms with Gasteiger partial charge in [-0.1, -0.05) is 42.5 Å². The largest absolute Gasteiger partial charge is 0.376 e. The van der Waals surface area contributed by atoms with Crippen molar-refractivity contribution in [3.05, 3.63) is 65.7 Å². The van der Waals surface area contributed by atoms with Crippen molar-refractivity contribution in [2.45, 2.75) is 26.3 Å². The third-order valence-electron chi connectivity index (χ3n) is 3.42. The minimum Gasteiger partial charge on any atom is -0.376 e. The van der Waals surface area contributed by atoms with E-state index in [1.54, 1.807) is 0 Å². The quantitative estimate of drug-likeness (QED) is 0.855. The number of halogens is 1. The summed E-state index contributed by atoms with van der Waals surface area (Å²) in [5.41, 5.74) is 3.50. The van der Waals surface area contributed by atoms with Crippen LogP contribution in [0.5, 0.6) is 0 Å². The Morgan fingerprint density at radius 2 is 1.68 bits per heavy atom. The molecule has 2 aromatic carbocycles. The maximum atomic E-state index is 11.9. The lowest BCUT2D eigenvalue weighted by Gasteiger charge is -2.16. The van der Waals surface area contributed by atoms with Crippen molar-refractivity contribution in [1.82, 2.24) is 5.32 Å². The van der Waals surface area contributed by atoms with Crippen LogP contribution in [0.15, 0.2) is 54.6 Å². The highest BCUT2D eigenvalue weighted by Gasteiger charge is 2.09. The third-order valence-corrected chi connectivity index (χ3v) is 3.42. The van der Waals surface area contributed by atoms with Crippen molar-refractivity contribution in [2.75, 3.05) is 11.9 Å². The van der Waals surface area contributed by atoms with Gasteiger partial charge in [-0.3, -0.25) is 4.79 Å². The monoisotopic (exact) mass is 318 g/mol. The van der Waals surface area contributed by atoms with Crippen LogP contribution in [0.1, 0.15) is 18.1 Å². The van der Waals surface area contributed by atoms with E-state index in [0.29, 0.717) is 6.54 Å². The van der Waals surface area contributed by atoms with E-state index in [4.69, 9.17) is 0 Å². The van der Waals surface area contributed by atoms with E-state index in [9.17, 15) is 4.79 Å². The molecule has 1 amide bonds. The van der Waals surface area contributed by atoms with Gasteiger partial charge in [-0.2, -0.15) is 0 Å². The molecule has 22 heavy (non-hydrogen) atoms. The summed E-state index contributed by atoms with van der Waals surface area (Å²) in [6.07, 6.45) is 0.851. The molecule has 2 aromatic rings. The van der Waals surface area contributed by atoms with E-state index in [2.05, 4.69) is 29.7 Å². The van der Waals surface area contributed by atoms with Gasteiger partial charge in [0.25, 0.3) is 0 Å². The topological polar surface area (TPSA) is 41.1 Å². The van der Waals surface area contributed by atoms with Crippen molar-refractivity contribution < 1.29 is 4.79 Å². The average molecular weight is 319 g/mol. The lowest BCUT2D eigenvalue weighted by atomic mass is 10.0. The van der Waals surface area contributed by atoms with Crippen LogP contribution in [0, 0.1) is 6.92 Å². The molecule has 0 bridgehead atoms. The van der Waals surface area contributed by atoms with Crippen LogP contribution < -0.4 is 10.6 Å². The minimum atomic E-state index is 0. The number of hydrogen-bond donors (Lipinski definition) is 2. The second-order valence-electron chi connectivity index (χ2n) is 5.32. The van der Waals surface area contributed by atoms with Crippen LogP contribution >= 0.6 is 12.4 Å². The molecule has 0 radical (unpaired) electrons. The zero-order chi connectivity index (χ0) is 15.1. The Balaban J connectivity index is 0.00000242. The number of amides is 1. The van der Waals surface area contributed by atoms with Crippen molar-refractivity contribution in [3.8, 4) is 0 Å². The predicted molar refractivity (Wildman–Crippen MR) is 94.7 cm³/mol. The number of carbonyl (C=O) groups is 1. The van der Waals surface area contributed by atoms with Gasteiger partial charge < -0.3 is 10.6 Å². The zero-order valence-electron chi connectivity index (χ0n) is 13.0. The molecule has 0 aliphatic rings. The fraction of sp³-hybridized carbons (Fsp3) is 0.278. The fourth-order valence-electron chi connectivity index (χ4n) is 2.28. The van der Waals surface area contributed by atoms with E-state index in [1.807, 2.05) is 49.4 Å². The Morgan fingerprint density at radius 1 is 1.05 bits per heavy atom. The minimum absolute atomic E-state index is 0. The van der Waals surface area contributed by atoms with Gasteiger partial charge in [0.2, 0.25) is 5.91 Å². The smallest absolute Gasteiger partial charge is 0.239 e. The number of benzene rings is 2. The Hall–Kier alpha value is -2.00. The summed E-state index contributed by atoms with van der Waals surface area (Å²) in [7, 11) is 0. The molecule has 0 saturated heterocycles. The molecule has 0 aromatic heterocycles. The van der Waals surface area contributed by atoms with Crippen molar-refractivity contribution in [3.63, 3.8) is 0 Å². The van der Waals surface area contributed by atoms with E-state index < -0.39 is 0 Å². The van der Waals surface area contributed by atoms with Crippen LogP contribution in [0.2, 0.25) is 0 Å². The van der Waals surface area contributed by atoms with Crippen LogP contribution in [-0.2, 0) is 11.2 Å². The second-order valence-corrected chi connectivity index (χ2v) is 5.32. The number of para-hydroxylation sites is 1. The summed E-state index contributed by atoms with van der Waals surface area (Å²) in [6, 6.07) is 18.1. The highest BCUT2D eigenvalue weighted by Crippen LogP contribution is 2.09. The first kappa shape index (κ1) is 18.1. The maximum Gasteiger partial charge on any atom is 0.239 e. The van der Waals surface area contributed by atoms with Gasteiger partial charge in [0, 0.05) is 11.7 Å². The van der Waals surface area contributed by atoms with Crippen LogP contribution in [0.25, 0.3) is 0 Å². The van der Waals surface area contributed by atoms with E-state index in [-0.39, 0.29) is 24.4 Å². The SMILES string of the molecule is Cc1ccccc1CC(C)NC(=O)CNc1ccccc1.Cl. The summed E-state index contributed by atoms with van der Waals surface area (Å²) in [6.45, 7) is 4.43. The van der Waals surface area contributed by atoms with E-state index in [0.717, 1.165) is 12.1 Å². The molecule has 0 aliphatic heterocycles. The average Bonchev–Trinajstić information content (AvgIpc) is 2.48. The van der Waals surface area contributed by atoms with Crippen LogP contribution in [0.4, 0.5) is 5.69 Å². The lowest BCUT2D eigenvalue weighted by Crippen LogP contribution is -2.37. The van der Waals surface area contributed by atoms with Gasteiger partial charge in [-0.05, 0) is 43.5 Å². The van der Waals surface area contributed by atoms with Gasteiger partial charge in [0.1, 0.15) is 0 Å². The molecule has 2 N–H and O–H groups in total. The molecule has 1 unspecified atom stereocenters. The first-order valence-corrected chi connectivity index (χ1v) is 7.28. The van der Waals surface area contributed by atoms with Crippen LogP contribution in [0.3, 0.4) is 0 Å². The van der Waals surface area contributed by atoms with Gasteiger partial charge >= 0.3 is 0 Å². The second kappa shape index (κ2) is 9.11.